The Labute approximate surface area is 128 Å². The summed E-state index contributed by atoms with van der Waals surface area (Å²) in [4.78, 5) is 23.1. The van der Waals surface area contributed by atoms with Crippen LogP contribution in [0, 0.1) is 5.41 Å². The van der Waals surface area contributed by atoms with E-state index in [1.54, 1.807) is 25.1 Å². The molecular weight excluding hydrogens is 292 g/mol. The number of rotatable bonds is 4. The molecule has 4 N–H and O–H groups in total. The Bertz CT molecular complexity index is 576. The zero-order chi connectivity index (χ0) is 15.6. The number of hydrogen-bond acceptors (Lipinski definition) is 3. The van der Waals surface area contributed by atoms with Crippen LogP contribution in [0.25, 0.3) is 0 Å². The van der Waals surface area contributed by atoms with E-state index in [2.05, 4.69) is 5.32 Å². The van der Waals surface area contributed by atoms with Crippen LogP contribution in [0.5, 0.6) is 0 Å². The second kappa shape index (κ2) is 5.93. The van der Waals surface area contributed by atoms with E-state index in [-0.39, 0.29) is 6.04 Å². The number of carboxylic acids is 1. The van der Waals surface area contributed by atoms with Crippen molar-refractivity contribution in [2.24, 2.45) is 11.1 Å². The highest BCUT2D eigenvalue weighted by atomic mass is 35.5. The first kappa shape index (κ1) is 15.6. The molecule has 1 aromatic carbocycles. The zero-order valence-corrected chi connectivity index (χ0v) is 12.6. The van der Waals surface area contributed by atoms with Gasteiger partial charge < -0.3 is 16.2 Å². The third-order valence-corrected chi connectivity index (χ3v) is 4.51. The number of carbonyl (C=O) groups excluding carboxylic acids is 1. The quantitative estimate of drug-likeness (QED) is 0.797. The molecule has 1 amide bonds. The van der Waals surface area contributed by atoms with Crippen LogP contribution in [0.4, 0.5) is 5.69 Å². The van der Waals surface area contributed by atoms with Crippen molar-refractivity contribution in [1.29, 1.82) is 0 Å². The second-order valence-corrected chi connectivity index (χ2v) is 6.16. The van der Waals surface area contributed by atoms with Gasteiger partial charge in [-0.3, -0.25) is 9.59 Å². The Kier molecular flexibility index (Phi) is 4.42. The molecule has 0 spiro atoms. The number of halogens is 1. The molecule has 5 nitrogen and oxygen atoms in total. The lowest BCUT2D eigenvalue weighted by atomic mass is 9.71. The molecule has 0 heterocycles. The molecule has 1 saturated carbocycles. The number of hydrogen-bond donors (Lipinski definition) is 3. The van der Waals surface area contributed by atoms with Crippen molar-refractivity contribution in [2.75, 3.05) is 5.32 Å². The van der Waals surface area contributed by atoms with Crippen LogP contribution in [-0.4, -0.2) is 23.0 Å². The predicted molar refractivity (Wildman–Crippen MR) is 81.6 cm³/mol. The van der Waals surface area contributed by atoms with Gasteiger partial charge in [-0.25, -0.2) is 0 Å². The number of primary amides is 1. The summed E-state index contributed by atoms with van der Waals surface area (Å²) in [6.07, 6.45) is 3.17. The lowest BCUT2D eigenvalue weighted by Gasteiger charge is -2.39. The van der Waals surface area contributed by atoms with Crippen molar-refractivity contribution in [3.63, 3.8) is 0 Å². The summed E-state index contributed by atoms with van der Waals surface area (Å²) in [6, 6.07) is 4.48. The molecule has 6 heteroatoms. The number of carbonyl (C=O) groups is 2. The minimum Gasteiger partial charge on any atom is -0.481 e. The van der Waals surface area contributed by atoms with E-state index >= 15 is 0 Å². The van der Waals surface area contributed by atoms with Gasteiger partial charge in [0.25, 0.3) is 5.91 Å². The number of anilines is 1. The van der Waals surface area contributed by atoms with Crippen molar-refractivity contribution in [2.45, 2.75) is 38.6 Å². The Balaban J connectivity index is 2.33. The molecule has 0 bridgehead atoms. The van der Waals surface area contributed by atoms with Crippen LogP contribution in [0.3, 0.4) is 0 Å². The fourth-order valence-electron chi connectivity index (χ4n) is 2.86. The highest BCUT2D eigenvalue weighted by molar-refractivity contribution is 6.31. The SMILES string of the molecule is CC1(C(=O)O)CCCCC1Nc1cc(Cl)ccc1C(N)=O. The minimum atomic E-state index is -0.866. The van der Waals surface area contributed by atoms with Crippen molar-refractivity contribution >= 4 is 29.2 Å². The van der Waals surface area contributed by atoms with Crippen molar-refractivity contribution in [1.82, 2.24) is 0 Å². The number of nitrogens with two attached hydrogens (primary N) is 1. The van der Waals surface area contributed by atoms with E-state index in [9.17, 15) is 14.7 Å². The van der Waals surface area contributed by atoms with E-state index in [1.165, 1.54) is 0 Å². The number of aliphatic carboxylic acids is 1. The van der Waals surface area contributed by atoms with Crippen LogP contribution in [0.2, 0.25) is 5.02 Å². The minimum absolute atomic E-state index is 0.264. The van der Waals surface area contributed by atoms with E-state index in [1.807, 2.05) is 0 Å². The lowest BCUT2D eigenvalue weighted by molar-refractivity contribution is -0.150. The number of carboxylic acid groups (broad SMARTS) is 1. The zero-order valence-electron chi connectivity index (χ0n) is 11.9. The van der Waals surface area contributed by atoms with Gasteiger partial charge in [-0.2, -0.15) is 0 Å². The van der Waals surface area contributed by atoms with Gasteiger partial charge in [-0.15, -0.1) is 0 Å². The van der Waals surface area contributed by atoms with Crippen LogP contribution in [0.15, 0.2) is 18.2 Å². The first-order chi connectivity index (χ1) is 9.84. The molecule has 114 valence electrons. The summed E-state index contributed by atoms with van der Waals surface area (Å²) in [7, 11) is 0. The van der Waals surface area contributed by atoms with Crippen LogP contribution in [0.1, 0.15) is 43.0 Å². The molecule has 2 rings (SSSR count). The predicted octanol–water partition coefficient (Wildman–Crippen LogP) is 2.88. The van der Waals surface area contributed by atoms with E-state index in [0.29, 0.717) is 22.7 Å². The Hall–Kier alpha value is -1.75. The molecular formula is C15H19ClN2O3. The maximum Gasteiger partial charge on any atom is 0.311 e. The summed E-state index contributed by atoms with van der Waals surface area (Å²) in [5.41, 5.74) is 5.31. The van der Waals surface area contributed by atoms with Gasteiger partial charge in [-0.05, 0) is 38.0 Å². The van der Waals surface area contributed by atoms with Gasteiger partial charge in [-0.1, -0.05) is 24.4 Å². The molecule has 1 aliphatic carbocycles. The number of amides is 1. The first-order valence-corrected chi connectivity index (χ1v) is 7.31. The van der Waals surface area contributed by atoms with Gasteiger partial charge in [0.05, 0.1) is 11.0 Å². The average Bonchev–Trinajstić information content (AvgIpc) is 2.41. The summed E-state index contributed by atoms with van der Waals surface area (Å²) in [5.74, 6) is -1.40. The summed E-state index contributed by atoms with van der Waals surface area (Å²) < 4.78 is 0. The summed E-state index contributed by atoms with van der Waals surface area (Å²) in [6.45, 7) is 1.74. The average molecular weight is 311 g/mol. The third-order valence-electron chi connectivity index (χ3n) is 4.27. The van der Waals surface area contributed by atoms with Gasteiger partial charge in [0.1, 0.15) is 0 Å². The summed E-state index contributed by atoms with van der Waals surface area (Å²) >= 11 is 5.96. The smallest absolute Gasteiger partial charge is 0.311 e. The summed E-state index contributed by atoms with van der Waals surface area (Å²) in [5, 5.41) is 13.2. The van der Waals surface area contributed by atoms with Gasteiger partial charge in [0.2, 0.25) is 0 Å². The molecule has 0 radical (unpaired) electrons. The van der Waals surface area contributed by atoms with Crippen molar-refractivity contribution < 1.29 is 14.7 Å². The first-order valence-electron chi connectivity index (χ1n) is 6.94. The monoisotopic (exact) mass is 310 g/mol. The third kappa shape index (κ3) is 3.13. The van der Waals surface area contributed by atoms with Crippen LogP contribution in [-0.2, 0) is 4.79 Å². The number of nitrogens with one attached hydrogen (secondary N) is 1. The maximum absolute atomic E-state index is 11.6. The molecule has 2 unspecified atom stereocenters. The largest absolute Gasteiger partial charge is 0.481 e. The van der Waals surface area contributed by atoms with Crippen LogP contribution >= 0.6 is 11.6 Å². The standard InChI is InChI=1S/C15H19ClN2O3/c1-15(14(20)21)7-3-2-4-12(15)18-11-8-9(16)5-6-10(11)13(17)19/h5-6,8,12,18H,2-4,7H2,1H3,(H2,17,19)(H,20,21). The van der Waals surface area contributed by atoms with Crippen LogP contribution < -0.4 is 11.1 Å². The second-order valence-electron chi connectivity index (χ2n) is 5.72. The molecule has 0 saturated heterocycles. The van der Waals surface area contributed by atoms with E-state index in [4.69, 9.17) is 17.3 Å². The molecule has 1 fully saturated rings. The fourth-order valence-corrected chi connectivity index (χ4v) is 3.03. The van der Waals surface area contributed by atoms with E-state index < -0.39 is 17.3 Å². The van der Waals surface area contributed by atoms with Gasteiger partial charge in [0, 0.05) is 16.8 Å². The molecule has 21 heavy (non-hydrogen) atoms. The number of benzene rings is 1. The molecule has 0 aliphatic heterocycles. The highest BCUT2D eigenvalue weighted by Gasteiger charge is 2.43. The maximum atomic E-state index is 11.6. The molecule has 0 aromatic heterocycles. The highest BCUT2D eigenvalue weighted by Crippen LogP contribution is 2.38. The van der Waals surface area contributed by atoms with Crippen molar-refractivity contribution in [3.8, 4) is 0 Å². The Morgan fingerprint density at radius 2 is 2.14 bits per heavy atom. The van der Waals surface area contributed by atoms with E-state index in [0.717, 1.165) is 19.3 Å². The molecule has 1 aliphatic rings. The topological polar surface area (TPSA) is 92.4 Å². The molecule has 1 aromatic rings. The van der Waals surface area contributed by atoms with Crippen molar-refractivity contribution in [3.05, 3.63) is 28.8 Å². The van der Waals surface area contributed by atoms with Gasteiger partial charge in [0.15, 0.2) is 0 Å². The fraction of sp³-hybridized carbons (Fsp3) is 0.467. The molecule has 2 atom stereocenters. The Morgan fingerprint density at radius 3 is 2.76 bits per heavy atom. The van der Waals surface area contributed by atoms with Gasteiger partial charge >= 0.3 is 5.97 Å². The Morgan fingerprint density at radius 1 is 1.43 bits per heavy atom. The normalized spacial score (nSPS) is 25.3. The lowest BCUT2D eigenvalue weighted by Crippen LogP contribution is -2.46.